The molecule has 2 aromatic heterocycles. The highest BCUT2D eigenvalue weighted by Gasteiger charge is 2.20. The molecule has 9 nitrogen and oxygen atoms in total. The summed E-state index contributed by atoms with van der Waals surface area (Å²) in [5, 5.41) is 3.20. The van der Waals surface area contributed by atoms with Crippen LogP contribution in [0, 0.1) is 0 Å². The number of imidazole rings is 1. The van der Waals surface area contributed by atoms with Crippen LogP contribution in [0.2, 0.25) is 0 Å². The van der Waals surface area contributed by atoms with E-state index in [0.717, 1.165) is 44.6 Å². The number of piperidine rings is 1. The van der Waals surface area contributed by atoms with Crippen LogP contribution in [0.4, 0.5) is 11.8 Å². The number of fused-ring (bicyclic) bond motifs is 1. The van der Waals surface area contributed by atoms with E-state index in [9.17, 15) is 4.79 Å². The second-order valence-electron chi connectivity index (χ2n) is 9.22. The Balaban J connectivity index is 1.45. The lowest BCUT2D eigenvalue weighted by Crippen LogP contribution is -2.41. The minimum absolute atomic E-state index is 0.232. The molecule has 0 saturated carbocycles. The van der Waals surface area contributed by atoms with E-state index in [1.807, 2.05) is 0 Å². The van der Waals surface area contributed by atoms with Gasteiger partial charge >= 0.3 is 5.69 Å². The molecular weight excluding hydrogens is 416 g/mol. The predicted molar refractivity (Wildman–Crippen MR) is 133 cm³/mol. The van der Waals surface area contributed by atoms with Gasteiger partial charge in [-0.2, -0.15) is 9.97 Å². The van der Waals surface area contributed by atoms with Gasteiger partial charge in [0.15, 0.2) is 11.5 Å². The Labute approximate surface area is 195 Å². The van der Waals surface area contributed by atoms with Gasteiger partial charge in [-0.05, 0) is 57.6 Å². The molecule has 0 bridgehead atoms. The van der Waals surface area contributed by atoms with Crippen LogP contribution in [0.15, 0.2) is 29.1 Å². The second-order valence-corrected chi connectivity index (χ2v) is 9.22. The third kappa shape index (κ3) is 5.54. The number of aromatic nitrogens is 4. The van der Waals surface area contributed by atoms with Crippen LogP contribution in [0.1, 0.15) is 43.7 Å². The van der Waals surface area contributed by atoms with Crippen LogP contribution >= 0.6 is 0 Å². The van der Waals surface area contributed by atoms with Crippen molar-refractivity contribution in [3.63, 3.8) is 0 Å². The molecule has 1 aromatic carbocycles. The van der Waals surface area contributed by atoms with Gasteiger partial charge in [0.25, 0.3) is 0 Å². The van der Waals surface area contributed by atoms with Gasteiger partial charge in [-0.3, -0.25) is 9.47 Å². The quantitative estimate of drug-likeness (QED) is 0.428. The van der Waals surface area contributed by atoms with Crippen LogP contribution in [0.3, 0.4) is 0 Å². The minimum atomic E-state index is -0.232. The Morgan fingerprint density at radius 3 is 2.42 bits per heavy atom. The summed E-state index contributed by atoms with van der Waals surface area (Å²) in [5.41, 5.74) is 9.21. The molecule has 1 fully saturated rings. The number of aromatic amines is 1. The first-order valence-electron chi connectivity index (χ1n) is 11.9. The van der Waals surface area contributed by atoms with Crippen LogP contribution in [0.25, 0.3) is 11.2 Å². The van der Waals surface area contributed by atoms with Gasteiger partial charge in [0.1, 0.15) is 5.52 Å². The third-order valence-electron chi connectivity index (χ3n) is 6.52. The summed E-state index contributed by atoms with van der Waals surface area (Å²) in [4.78, 5) is 29.1. The number of anilines is 2. The zero-order chi connectivity index (χ0) is 23.4. The number of nitrogen functional groups attached to an aromatic ring is 1. The van der Waals surface area contributed by atoms with E-state index in [1.54, 1.807) is 4.57 Å². The lowest BCUT2D eigenvalue weighted by Gasteiger charge is -2.35. The van der Waals surface area contributed by atoms with Crippen molar-refractivity contribution in [3.05, 3.63) is 45.9 Å². The van der Waals surface area contributed by atoms with Gasteiger partial charge in [0.2, 0.25) is 5.95 Å². The zero-order valence-electron chi connectivity index (χ0n) is 20.0. The Morgan fingerprint density at radius 1 is 1.12 bits per heavy atom. The topological polar surface area (TPSA) is 108 Å². The average molecular weight is 453 g/mol. The molecule has 0 atom stereocenters. The first-order chi connectivity index (χ1) is 15.9. The van der Waals surface area contributed by atoms with E-state index >= 15 is 0 Å². The molecule has 1 aliphatic rings. The van der Waals surface area contributed by atoms with Crippen molar-refractivity contribution in [2.45, 2.75) is 51.7 Å². The lowest BCUT2D eigenvalue weighted by atomic mass is 10.0. The first kappa shape index (κ1) is 23.3. The Hall–Kier alpha value is -2.91. The van der Waals surface area contributed by atoms with Gasteiger partial charge in [-0.15, -0.1) is 0 Å². The van der Waals surface area contributed by atoms with Crippen molar-refractivity contribution in [1.29, 1.82) is 0 Å². The molecule has 0 unspecified atom stereocenters. The Bertz CT molecular complexity index is 1110. The number of nitrogens with two attached hydrogens (primary N) is 1. The summed E-state index contributed by atoms with van der Waals surface area (Å²) in [5.74, 6) is 0.734. The molecule has 1 aliphatic heterocycles. The van der Waals surface area contributed by atoms with E-state index in [4.69, 9.17) is 5.73 Å². The van der Waals surface area contributed by atoms with Crippen molar-refractivity contribution in [2.24, 2.45) is 0 Å². The lowest BCUT2D eigenvalue weighted by molar-refractivity contribution is 0.140. The molecule has 9 heteroatoms. The molecule has 0 spiro atoms. The monoisotopic (exact) mass is 452 g/mol. The SMILES string of the molecule is CCCCNc1nc(N)c2[nH]c(=O)n(Cc3ccc(CN4CCC(N(C)C)CC4)cc3)c2n1. The highest BCUT2D eigenvalue weighted by molar-refractivity contribution is 5.82. The van der Waals surface area contributed by atoms with E-state index in [1.165, 1.54) is 18.4 Å². The second kappa shape index (κ2) is 10.4. The molecule has 4 rings (SSSR count). The number of H-pyrrole nitrogens is 1. The molecule has 178 valence electrons. The number of likely N-dealkylation sites (tertiary alicyclic amines) is 1. The molecule has 3 heterocycles. The summed E-state index contributed by atoms with van der Waals surface area (Å²) in [6, 6.07) is 9.21. The minimum Gasteiger partial charge on any atom is -0.382 e. The highest BCUT2D eigenvalue weighted by atomic mass is 16.1. The summed E-state index contributed by atoms with van der Waals surface area (Å²) < 4.78 is 1.62. The molecule has 0 radical (unpaired) electrons. The number of unbranched alkanes of at least 4 members (excludes halogenated alkanes) is 1. The molecular formula is C24H36N8O. The van der Waals surface area contributed by atoms with Crippen molar-refractivity contribution in [3.8, 4) is 0 Å². The normalized spacial score (nSPS) is 15.5. The molecule has 1 saturated heterocycles. The maximum atomic E-state index is 12.6. The van der Waals surface area contributed by atoms with Gasteiger partial charge < -0.3 is 20.9 Å². The smallest absolute Gasteiger partial charge is 0.328 e. The van der Waals surface area contributed by atoms with Gasteiger partial charge in [0.05, 0.1) is 6.54 Å². The largest absolute Gasteiger partial charge is 0.382 e. The fourth-order valence-electron chi connectivity index (χ4n) is 4.44. The number of rotatable bonds is 9. The summed E-state index contributed by atoms with van der Waals surface area (Å²) in [7, 11) is 4.34. The van der Waals surface area contributed by atoms with Crippen molar-refractivity contribution in [1.82, 2.24) is 29.3 Å². The molecule has 3 aromatic rings. The van der Waals surface area contributed by atoms with Gasteiger partial charge in [0, 0.05) is 19.1 Å². The number of benzene rings is 1. The molecule has 4 N–H and O–H groups in total. The van der Waals surface area contributed by atoms with Crippen LogP contribution < -0.4 is 16.7 Å². The summed E-state index contributed by atoms with van der Waals surface area (Å²) in [6.45, 7) is 6.55. The number of hydrogen-bond acceptors (Lipinski definition) is 7. The van der Waals surface area contributed by atoms with Crippen molar-refractivity contribution in [2.75, 3.05) is 44.8 Å². The Kier molecular flexibility index (Phi) is 7.29. The van der Waals surface area contributed by atoms with Crippen LogP contribution in [-0.2, 0) is 13.1 Å². The predicted octanol–water partition coefficient (Wildman–Crippen LogP) is 2.49. The third-order valence-corrected chi connectivity index (χ3v) is 6.52. The van der Waals surface area contributed by atoms with Crippen molar-refractivity contribution >= 4 is 22.9 Å². The molecule has 0 aliphatic carbocycles. The zero-order valence-corrected chi connectivity index (χ0v) is 20.0. The summed E-state index contributed by atoms with van der Waals surface area (Å²) in [6.07, 6.45) is 4.52. The fourth-order valence-corrected chi connectivity index (χ4v) is 4.44. The standard InChI is InChI=1S/C24H36N8O/c1-4-5-12-26-23-28-21(25)20-22(29-23)32(24(33)27-20)16-18-8-6-17(7-9-18)15-31-13-10-19(11-14-31)30(2)3/h6-9,19H,4-5,10-16H2,1-3H3,(H,27,33)(H3,25,26,28,29). The number of nitrogens with zero attached hydrogens (tertiary/aromatic N) is 5. The van der Waals surface area contributed by atoms with Gasteiger partial charge in [-0.25, -0.2) is 4.79 Å². The molecule has 33 heavy (non-hydrogen) atoms. The maximum absolute atomic E-state index is 12.6. The van der Waals surface area contributed by atoms with Gasteiger partial charge in [-0.1, -0.05) is 37.6 Å². The summed E-state index contributed by atoms with van der Waals surface area (Å²) >= 11 is 0. The van der Waals surface area contributed by atoms with E-state index in [-0.39, 0.29) is 11.5 Å². The van der Waals surface area contributed by atoms with Crippen LogP contribution in [-0.4, -0.2) is 69.1 Å². The van der Waals surface area contributed by atoms with E-state index < -0.39 is 0 Å². The van der Waals surface area contributed by atoms with E-state index in [0.29, 0.717) is 29.7 Å². The number of hydrogen-bond donors (Lipinski definition) is 3. The number of nitrogens with one attached hydrogen (secondary N) is 2. The Morgan fingerprint density at radius 2 is 1.79 bits per heavy atom. The van der Waals surface area contributed by atoms with Crippen molar-refractivity contribution < 1.29 is 0 Å². The molecule has 0 amide bonds. The fraction of sp³-hybridized carbons (Fsp3) is 0.542. The highest BCUT2D eigenvalue weighted by Crippen LogP contribution is 2.19. The van der Waals surface area contributed by atoms with E-state index in [2.05, 4.69) is 75.4 Å². The first-order valence-corrected chi connectivity index (χ1v) is 11.9. The maximum Gasteiger partial charge on any atom is 0.328 e. The van der Waals surface area contributed by atoms with Crippen LogP contribution in [0.5, 0.6) is 0 Å². The average Bonchev–Trinajstić information content (AvgIpc) is 3.11.